The molecule has 0 aromatic rings. The Morgan fingerprint density at radius 1 is 1.41 bits per heavy atom. The highest BCUT2D eigenvalue weighted by Crippen LogP contribution is 2.49. The van der Waals surface area contributed by atoms with Gasteiger partial charge in [-0.25, -0.2) is 4.79 Å². The number of nitrogens with one attached hydrogen (secondary N) is 1. The SMILES string of the molecule is C=CCC[C@H]1C[C@]1(C)OC(=O)NC1(OC(C)=O)CCC[C@@H]1C. The first-order valence-electron chi connectivity index (χ1n) is 8.13. The first-order valence-corrected chi connectivity index (χ1v) is 8.13. The van der Waals surface area contributed by atoms with Crippen molar-refractivity contribution in [3.63, 3.8) is 0 Å². The highest BCUT2D eigenvalue weighted by molar-refractivity contribution is 5.71. The predicted molar refractivity (Wildman–Crippen MR) is 83.1 cm³/mol. The molecule has 0 radical (unpaired) electrons. The summed E-state index contributed by atoms with van der Waals surface area (Å²) in [4.78, 5) is 23.6. The maximum absolute atomic E-state index is 12.3. The number of amides is 1. The van der Waals surface area contributed by atoms with Gasteiger partial charge in [-0.3, -0.25) is 10.1 Å². The molecule has 2 aliphatic carbocycles. The molecule has 0 aliphatic heterocycles. The zero-order valence-corrected chi connectivity index (χ0v) is 13.8. The molecule has 0 spiro atoms. The summed E-state index contributed by atoms with van der Waals surface area (Å²) < 4.78 is 11.0. The molecule has 124 valence electrons. The zero-order valence-electron chi connectivity index (χ0n) is 13.8. The summed E-state index contributed by atoms with van der Waals surface area (Å²) in [5.41, 5.74) is -1.31. The zero-order chi connectivity index (χ0) is 16.4. The summed E-state index contributed by atoms with van der Waals surface area (Å²) in [6.07, 6.45) is 6.68. The van der Waals surface area contributed by atoms with E-state index >= 15 is 0 Å². The van der Waals surface area contributed by atoms with E-state index in [1.54, 1.807) is 0 Å². The van der Waals surface area contributed by atoms with E-state index in [2.05, 4.69) is 11.9 Å². The van der Waals surface area contributed by atoms with Gasteiger partial charge >= 0.3 is 12.1 Å². The minimum Gasteiger partial charge on any atom is -0.443 e. The van der Waals surface area contributed by atoms with Gasteiger partial charge in [-0.05, 0) is 39.0 Å². The normalized spacial score (nSPS) is 36.5. The molecule has 4 atom stereocenters. The molecule has 1 amide bonds. The molecule has 5 heteroatoms. The lowest BCUT2D eigenvalue weighted by molar-refractivity contribution is -0.164. The second-order valence-corrected chi connectivity index (χ2v) is 6.87. The minimum atomic E-state index is -0.912. The van der Waals surface area contributed by atoms with E-state index in [1.807, 2.05) is 19.9 Å². The second kappa shape index (κ2) is 6.31. The van der Waals surface area contributed by atoms with E-state index in [1.165, 1.54) is 6.92 Å². The summed E-state index contributed by atoms with van der Waals surface area (Å²) >= 11 is 0. The van der Waals surface area contributed by atoms with Crippen LogP contribution in [0, 0.1) is 11.8 Å². The van der Waals surface area contributed by atoms with Gasteiger partial charge in [0.2, 0.25) is 0 Å². The van der Waals surface area contributed by atoms with Crippen molar-refractivity contribution in [2.45, 2.75) is 70.6 Å². The van der Waals surface area contributed by atoms with Gasteiger partial charge in [0, 0.05) is 25.2 Å². The average molecular weight is 309 g/mol. The van der Waals surface area contributed by atoms with E-state index in [0.29, 0.717) is 12.3 Å². The molecule has 2 fully saturated rings. The van der Waals surface area contributed by atoms with Gasteiger partial charge in [0.1, 0.15) is 5.60 Å². The highest BCUT2D eigenvalue weighted by Gasteiger charge is 2.54. The summed E-state index contributed by atoms with van der Waals surface area (Å²) in [6, 6.07) is 0. The number of allylic oxidation sites excluding steroid dienone is 1. The van der Waals surface area contributed by atoms with Crippen molar-refractivity contribution in [2.24, 2.45) is 11.8 Å². The van der Waals surface area contributed by atoms with Crippen LogP contribution < -0.4 is 5.32 Å². The van der Waals surface area contributed by atoms with Gasteiger partial charge in [-0.2, -0.15) is 0 Å². The molecule has 0 aromatic heterocycles. The maximum Gasteiger partial charge on any atom is 0.410 e. The standard InChI is InChI=1S/C17H27NO4/c1-5-6-9-14-11-16(14,4)22-15(20)18-17(21-13(3)19)10-7-8-12(17)2/h5,12,14H,1,6-11H2,2-4H3,(H,18,20)/t12-,14-,16-,17?/m0/s1. The van der Waals surface area contributed by atoms with Crippen molar-refractivity contribution in [1.29, 1.82) is 0 Å². The molecule has 0 aromatic carbocycles. The third kappa shape index (κ3) is 3.62. The maximum atomic E-state index is 12.3. The van der Waals surface area contributed by atoms with Gasteiger partial charge in [-0.1, -0.05) is 13.0 Å². The summed E-state index contributed by atoms with van der Waals surface area (Å²) in [7, 11) is 0. The van der Waals surface area contributed by atoms with Gasteiger partial charge < -0.3 is 9.47 Å². The van der Waals surface area contributed by atoms with Crippen LogP contribution in [0.15, 0.2) is 12.7 Å². The lowest BCUT2D eigenvalue weighted by Crippen LogP contribution is -2.54. The molecule has 0 saturated heterocycles. The quantitative estimate of drug-likeness (QED) is 0.463. The van der Waals surface area contributed by atoms with Crippen LogP contribution in [-0.4, -0.2) is 23.4 Å². The van der Waals surface area contributed by atoms with Crippen LogP contribution in [0.25, 0.3) is 0 Å². The third-order valence-corrected chi connectivity index (χ3v) is 5.02. The van der Waals surface area contributed by atoms with Gasteiger partial charge in [0.25, 0.3) is 0 Å². The topological polar surface area (TPSA) is 64.6 Å². The summed E-state index contributed by atoms with van der Waals surface area (Å²) in [5, 5.41) is 2.82. The van der Waals surface area contributed by atoms with Gasteiger partial charge in [-0.15, -0.1) is 6.58 Å². The van der Waals surface area contributed by atoms with Crippen LogP contribution in [0.3, 0.4) is 0 Å². The number of rotatable bonds is 6. The third-order valence-electron chi connectivity index (χ3n) is 5.02. The molecule has 5 nitrogen and oxygen atoms in total. The first-order chi connectivity index (χ1) is 10.3. The second-order valence-electron chi connectivity index (χ2n) is 6.87. The van der Waals surface area contributed by atoms with Crippen LogP contribution >= 0.6 is 0 Å². The Kier molecular flexibility index (Phi) is 4.83. The number of esters is 1. The van der Waals surface area contributed by atoms with Crippen LogP contribution in [0.4, 0.5) is 4.79 Å². The molecule has 2 rings (SSSR count). The van der Waals surface area contributed by atoms with Crippen LogP contribution in [0.5, 0.6) is 0 Å². The average Bonchev–Trinajstić information content (AvgIpc) is 2.91. The van der Waals surface area contributed by atoms with E-state index in [4.69, 9.17) is 9.47 Å². The molecule has 2 saturated carbocycles. The Balaban J connectivity index is 1.92. The van der Waals surface area contributed by atoms with Gasteiger partial charge in [0.15, 0.2) is 5.72 Å². The highest BCUT2D eigenvalue weighted by atomic mass is 16.6. The van der Waals surface area contributed by atoms with Crippen LogP contribution in [0.2, 0.25) is 0 Å². The lowest BCUT2D eigenvalue weighted by atomic mass is 10.0. The monoisotopic (exact) mass is 309 g/mol. The fourth-order valence-electron chi connectivity index (χ4n) is 3.46. The van der Waals surface area contributed by atoms with Crippen molar-refractivity contribution in [1.82, 2.24) is 5.32 Å². The van der Waals surface area contributed by atoms with Crippen molar-refractivity contribution in [3.8, 4) is 0 Å². The molecule has 1 N–H and O–H groups in total. The molecule has 2 aliphatic rings. The van der Waals surface area contributed by atoms with Crippen LogP contribution in [0.1, 0.15) is 59.3 Å². The minimum absolute atomic E-state index is 0.0903. The number of hydrogen-bond acceptors (Lipinski definition) is 4. The van der Waals surface area contributed by atoms with E-state index < -0.39 is 17.4 Å². The smallest absolute Gasteiger partial charge is 0.410 e. The molecule has 0 heterocycles. The molecular formula is C17H27NO4. The number of ether oxygens (including phenoxy) is 2. The summed E-state index contributed by atoms with van der Waals surface area (Å²) in [5.74, 6) is 0.102. The predicted octanol–water partition coefficient (Wildman–Crippen LogP) is 3.54. The number of alkyl carbamates (subject to hydrolysis) is 1. The van der Waals surface area contributed by atoms with Crippen molar-refractivity contribution < 1.29 is 19.1 Å². The Morgan fingerprint density at radius 2 is 2.14 bits per heavy atom. The van der Waals surface area contributed by atoms with E-state index in [-0.39, 0.29) is 11.9 Å². The van der Waals surface area contributed by atoms with Crippen molar-refractivity contribution >= 4 is 12.1 Å². The van der Waals surface area contributed by atoms with Crippen LogP contribution in [-0.2, 0) is 14.3 Å². The number of carbonyl (C=O) groups is 2. The fourth-order valence-corrected chi connectivity index (χ4v) is 3.46. The Morgan fingerprint density at radius 3 is 2.68 bits per heavy atom. The number of carbonyl (C=O) groups excluding carboxylic acids is 2. The van der Waals surface area contributed by atoms with E-state index in [9.17, 15) is 9.59 Å². The summed E-state index contributed by atoms with van der Waals surface area (Å²) in [6.45, 7) is 9.03. The number of hydrogen-bond donors (Lipinski definition) is 1. The van der Waals surface area contributed by atoms with Crippen molar-refractivity contribution in [3.05, 3.63) is 12.7 Å². The Hall–Kier alpha value is -1.52. The molecule has 1 unspecified atom stereocenters. The molecule has 0 bridgehead atoms. The first kappa shape index (κ1) is 16.8. The van der Waals surface area contributed by atoms with Crippen molar-refractivity contribution in [2.75, 3.05) is 0 Å². The molecule has 22 heavy (non-hydrogen) atoms. The Bertz CT molecular complexity index is 464. The largest absolute Gasteiger partial charge is 0.443 e. The van der Waals surface area contributed by atoms with E-state index in [0.717, 1.165) is 32.1 Å². The van der Waals surface area contributed by atoms with Gasteiger partial charge in [0.05, 0.1) is 0 Å². The fraction of sp³-hybridized carbons (Fsp3) is 0.765. The Labute approximate surface area is 132 Å². The molecular weight excluding hydrogens is 282 g/mol. The lowest BCUT2D eigenvalue weighted by Gasteiger charge is -2.34.